The van der Waals surface area contributed by atoms with E-state index in [1.807, 2.05) is 0 Å². The Kier molecular flexibility index (Phi) is 5.84. The number of carbonyl (C=O) groups is 1. The van der Waals surface area contributed by atoms with E-state index >= 15 is 0 Å². The Balaban J connectivity index is 2.57. The van der Waals surface area contributed by atoms with Gasteiger partial charge in [0.15, 0.2) is 0 Å². The van der Waals surface area contributed by atoms with E-state index in [1.165, 1.54) is 12.1 Å². The fraction of sp³-hybridized carbons (Fsp3) is 0.533. The van der Waals surface area contributed by atoms with Crippen LogP contribution in [-0.4, -0.2) is 17.4 Å². The molecule has 1 aromatic carbocycles. The first-order valence-corrected chi connectivity index (χ1v) is 6.94. The molecule has 0 fully saturated rings. The third-order valence-corrected chi connectivity index (χ3v) is 3.13. The van der Waals surface area contributed by atoms with Gasteiger partial charge in [0.2, 0.25) is 5.91 Å². The maximum Gasteiger partial charge on any atom is 0.269 e. The van der Waals surface area contributed by atoms with Gasteiger partial charge in [-0.05, 0) is 17.4 Å². The molecule has 0 aliphatic rings. The summed E-state index contributed by atoms with van der Waals surface area (Å²) >= 11 is 0. The zero-order valence-electron chi connectivity index (χ0n) is 12.8. The van der Waals surface area contributed by atoms with Crippen LogP contribution in [0.4, 0.5) is 5.69 Å². The lowest BCUT2D eigenvalue weighted by atomic mass is 9.84. The number of nitrogens with two attached hydrogens (primary N) is 1. The number of nitro benzene ring substituents is 1. The molecule has 0 saturated carbocycles. The number of nitrogens with zero attached hydrogens (tertiary/aromatic N) is 1. The summed E-state index contributed by atoms with van der Waals surface area (Å²) in [4.78, 5) is 22.2. The molecule has 0 spiro atoms. The largest absolute Gasteiger partial charge is 0.352 e. The molecule has 0 aromatic heterocycles. The van der Waals surface area contributed by atoms with Crippen molar-refractivity contribution in [1.82, 2.24) is 5.32 Å². The van der Waals surface area contributed by atoms with E-state index in [-0.39, 0.29) is 22.9 Å². The highest BCUT2D eigenvalue weighted by molar-refractivity contribution is 5.78. The Hall–Kier alpha value is -1.95. The molecular formula is C15H23N3O3. The lowest BCUT2D eigenvalue weighted by Crippen LogP contribution is -2.36. The first-order valence-electron chi connectivity index (χ1n) is 6.94. The van der Waals surface area contributed by atoms with Crippen molar-refractivity contribution in [2.24, 2.45) is 17.1 Å². The molecule has 1 atom stereocenters. The van der Waals surface area contributed by atoms with Crippen LogP contribution in [0, 0.1) is 21.4 Å². The topological polar surface area (TPSA) is 98.3 Å². The van der Waals surface area contributed by atoms with Crippen LogP contribution in [0.2, 0.25) is 0 Å². The standard InChI is InChI=1S/C15H23N3O3/c1-15(2,3)8-12(9-16)14(19)17-10-11-4-6-13(7-5-11)18(20)21/h4-7,12H,8-10,16H2,1-3H3,(H,17,19). The molecule has 1 unspecified atom stereocenters. The van der Waals surface area contributed by atoms with E-state index in [1.54, 1.807) is 12.1 Å². The van der Waals surface area contributed by atoms with Crippen molar-refractivity contribution in [2.75, 3.05) is 6.54 Å². The predicted molar refractivity (Wildman–Crippen MR) is 81.6 cm³/mol. The number of hydrogen-bond acceptors (Lipinski definition) is 4. The Morgan fingerprint density at radius 3 is 2.33 bits per heavy atom. The van der Waals surface area contributed by atoms with Gasteiger partial charge in [-0.1, -0.05) is 32.9 Å². The number of nitrogens with one attached hydrogen (secondary N) is 1. The highest BCUT2D eigenvalue weighted by Crippen LogP contribution is 2.24. The van der Waals surface area contributed by atoms with Crippen molar-refractivity contribution < 1.29 is 9.72 Å². The monoisotopic (exact) mass is 293 g/mol. The van der Waals surface area contributed by atoms with Crippen LogP contribution in [0.25, 0.3) is 0 Å². The lowest BCUT2D eigenvalue weighted by molar-refractivity contribution is -0.384. The number of rotatable bonds is 6. The Morgan fingerprint density at radius 2 is 1.90 bits per heavy atom. The van der Waals surface area contributed by atoms with Crippen LogP contribution in [0.15, 0.2) is 24.3 Å². The smallest absolute Gasteiger partial charge is 0.269 e. The van der Waals surface area contributed by atoms with Crippen molar-refractivity contribution in [1.29, 1.82) is 0 Å². The number of hydrogen-bond donors (Lipinski definition) is 2. The van der Waals surface area contributed by atoms with Crippen molar-refractivity contribution >= 4 is 11.6 Å². The zero-order chi connectivity index (χ0) is 16.0. The maximum absolute atomic E-state index is 12.1. The number of amides is 1. The van der Waals surface area contributed by atoms with Gasteiger partial charge in [-0.3, -0.25) is 14.9 Å². The summed E-state index contributed by atoms with van der Waals surface area (Å²) in [6.07, 6.45) is 0.718. The summed E-state index contributed by atoms with van der Waals surface area (Å²) in [6, 6.07) is 6.13. The minimum Gasteiger partial charge on any atom is -0.352 e. The van der Waals surface area contributed by atoms with Crippen LogP contribution < -0.4 is 11.1 Å². The molecule has 6 heteroatoms. The van der Waals surface area contributed by atoms with E-state index in [0.717, 1.165) is 12.0 Å². The molecule has 0 aliphatic heterocycles. The fourth-order valence-electron chi connectivity index (χ4n) is 2.09. The molecule has 0 saturated heterocycles. The molecule has 1 amide bonds. The summed E-state index contributed by atoms with van der Waals surface area (Å²) in [5.41, 5.74) is 6.56. The lowest BCUT2D eigenvalue weighted by Gasteiger charge is -2.24. The molecule has 0 heterocycles. The number of benzene rings is 1. The summed E-state index contributed by atoms with van der Waals surface area (Å²) in [5, 5.41) is 13.4. The van der Waals surface area contributed by atoms with E-state index in [0.29, 0.717) is 13.1 Å². The van der Waals surface area contributed by atoms with E-state index in [4.69, 9.17) is 5.73 Å². The van der Waals surface area contributed by atoms with Crippen molar-refractivity contribution in [2.45, 2.75) is 33.7 Å². The quantitative estimate of drug-likeness (QED) is 0.620. The molecular weight excluding hydrogens is 270 g/mol. The molecule has 0 bridgehead atoms. The number of carbonyl (C=O) groups excluding carboxylic acids is 1. The zero-order valence-corrected chi connectivity index (χ0v) is 12.8. The summed E-state index contributed by atoms with van der Waals surface area (Å²) < 4.78 is 0. The van der Waals surface area contributed by atoms with Crippen molar-refractivity contribution in [3.63, 3.8) is 0 Å². The summed E-state index contributed by atoms with van der Waals surface area (Å²) in [5.74, 6) is -0.297. The Bertz CT molecular complexity index is 492. The van der Waals surface area contributed by atoms with Gasteiger partial charge in [0.25, 0.3) is 5.69 Å². The second kappa shape index (κ2) is 7.17. The SMILES string of the molecule is CC(C)(C)CC(CN)C(=O)NCc1ccc([N+](=O)[O-])cc1. The van der Waals surface area contributed by atoms with E-state index < -0.39 is 4.92 Å². The molecule has 21 heavy (non-hydrogen) atoms. The first-order chi connectivity index (χ1) is 9.73. The van der Waals surface area contributed by atoms with Crippen molar-refractivity contribution in [3.05, 3.63) is 39.9 Å². The third kappa shape index (κ3) is 5.91. The molecule has 116 valence electrons. The normalized spacial score (nSPS) is 12.8. The Labute approximate surface area is 124 Å². The molecule has 1 aromatic rings. The number of nitro groups is 1. The summed E-state index contributed by atoms with van der Waals surface area (Å²) in [7, 11) is 0. The van der Waals surface area contributed by atoms with Gasteiger partial charge in [-0.2, -0.15) is 0 Å². The average Bonchev–Trinajstić information content (AvgIpc) is 2.41. The van der Waals surface area contributed by atoms with Gasteiger partial charge in [0.05, 0.1) is 10.8 Å². The van der Waals surface area contributed by atoms with Gasteiger partial charge < -0.3 is 11.1 Å². The molecule has 1 rings (SSSR count). The van der Waals surface area contributed by atoms with Crippen LogP contribution in [0.5, 0.6) is 0 Å². The first kappa shape index (κ1) is 17.1. The van der Waals surface area contributed by atoms with Crippen LogP contribution in [0.3, 0.4) is 0 Å². The van der Waals surface area contributed by atoms with Crippen molar-refractivity contribution in [3.8, 4) is 0 Å². The molecule has 6 nitrogen and oxygen atoms in total. The van der Waals surface area contributed by atoms with E-state index in [9.17, 15) is 14.9 Å². The highest BCUT2D eigenvalue weighted by atomic mass is 16.6. The molecule has 3 N–H and O–H groups in total. The van der Waals surface area contributed by atoms with Gasteiger partial charge >= 0.3 is 0 Å². The van der Waals surface area contributed by atoms with Crippen LogP contribution in [-0.2, 0) is 11.3 Å². The molecule has 0 radical (unpaired) electrons. The average molecular weight is 293 g/mol. The summed E-state index contributed by atoms with van der Waals surface area (Å²) in [6.45, 7) is 6.86. The Morgan fingerprint density at radius 1 is 1.33 bits per heavy atom. The minimum absolute atomic E-state index is 0.0364. The molecule has 0 aliphatic carbocycles. The van der Waals surface area contributed by atoms with E-state index in [2.05, 4.69) is 26.1 Å². The number of non-ortho nitro benzene ring substituents is 1. The van der Waals surface area contributed by atoms with Gasteiger partial charge in [0.1, 0.15) is 0 Å². The highest BCUT2D eigenvalue weighted by Gasteiger charge is 2.23. The fourth-order valence-corrected chi connectivity index (χ4v) is 2.09. The minimum atomic E-state index is -0.448. The van der Waals surface area contributed by atoms with Gasteiger partial charge in [0, 0.05) is 25.2 Å². The van der Waals surface area contributed by atoms with Gasteiger partial charge in [-0.25, -0.2) is 0 Å². The second-order valence-electron chi connectivity index (χ2n) is 6.34. The van der Waals surface area contributed by atoms with Crippen LogP contribution in [0.1, 0.15) is 32.8 Å². The van der Waals surface area contributed by atoms with Crippen LogP contribution >= 0.6 is 0 Å². The predicted octanol–water partition coefficient (Wildman–Crippen LogP) is 2.22. The van der Waals surface area contributed by atoms with Gasteiger partial charge in [-0.15, -0.1) is 0 Å². The second-order valence-corrected chi connectivity index (χ2v) is 6.34. The third-order valence-electron chi connectivity index (χ3n) is 3.13. The maximum atomic E-state index is 12.1.